The summed E-state index contributed by atoms with van der Waals surface area (Å²) in [6.45, 7) is 1.79. The molecule has 0 aliphatic rings. The van der Waals surface area contributed by atoms with Crippen LogP contribution in [-0.4, -0.2) is 27.7 Å². The molecule has 0 atom stereocenters. The minimum Gasteiger partial charge on any atom is -0.290 e. The first-order chi connectivity index (χ1) is 11.6. The Labute approximate surface area is 147 Å². The topological polar surface area (TPSA) is 86.8 Å². The van der Waals surface area contributed by atoms with Crippen LogP contribution in [0.4, 0.5) is 12.7 Å². The lowest BCUT2D eigenvalue weighted by Gasteiger charge is -2.03. The van der Waals surface area contributed by atoms with E-state index in [4.69, 9.17) is 11.6 Å². The molecule has 1 aromatic carbocycles. The number of benzene rings is 1. The van der Waals surface area contributed by atoms with E-state index < -0.39 is 32.2 Å². The normalized spacial score (nSPS) is 12.4. The van der Waals surface area contributed by atoms with Crippen molar-refractivity contribution >= 4 is 44.2 Å². The second-order valence-electron chi connectivity index (χ2n) is 4.80. The van der Waals surface area contributed by atoms with E-state index >= 15 is 0 Å². The lowest BCUT2D eigenvalue weighted by atomic mass is 10.3. The van der Waals surface area contributed by atoms with Crippen LogP contribution in [0.5, 0.6) is 0 Å². The number of fused-ring (bicyclic) bond motifs is 1. The van der Waals surface area contributed by atoms with Crippen molar-refractivity contribution in [2.75, 3.05) is 0 Å². The first-order valence-corrected chi connectivity index (χ1v) is 9.24. The maximum absolute atomic E-state index is 13.4. The Balaban J connectivity index is 2.43. The molecule has 134 valence electrons. The van der Waals surface area contributed by atoms with E-state index in [2.05, 4.69) is 10.2 Å². The van der Waals surface area contributed by atoms with Gasteiger partial charge in [-0.15, -0.1) is 14.1 Å². The molecule has 0 saturated carbocycles. The largest absolute Gasteiger partial charge is 0.335 e. The molecule has 0 N–H and O–H groups in total. The summed E-state index contributed by atoms with van der Waals surface area (Å²) in [5.41, 5.74) is -0.632. The van der Waals surface area contributed by atoms with Crippen LogP contribution in [0.15, 0.2) is 21.8 Å². The molecule has 0 spiro atoms. The minimum absolute atomic E-state index is 0.0764. The van der Waals surface area contributed by atoms with E-state index in [1.807, 2.05) is 0 Å². The summed E-state index contributed by atoms with van der Waals surface area (Å²) < 4.78 is 63.3. The van der Waals surface area contributed by atoms with Crippen molar-refractivity contribution in [2.45, 2.75) is 24.8 Å². The van der Waals surface area contributed by atoms with Crippen molar-refractivity contribution in [3.05, 3.63) is 32.6 Å². The summed E-state index contributed by atoms with van der Waals surface area (Å²) in [7, 11) is -5.10. The van der Waals surface area contributed by atoms with Gasteiger partial charge in [-0.25, -0.2) is 18.1 Å². The van der Waals surface area contributed by atoms with E-state index in [0.29, 0.717) is 11.3 Å². The van der Waals surface area contributed by atoms with E-state index in [-0.39, 0.29) is 27.7 Å². The quantitative estimate of drug-likeness (QED) is 0.615. The summed E-state index contributed by atoms with van der Waals surface area (Å²) in [5.74, 6) is 0. The van der Waals surface area contributed by atoms with E-state index in [0.717, 1.165) is 16.7 Å². The smallest absolute Gasteiger partial charge is 0.290 e. The van der Waals surface area contributed by atoms with Crippen molar-refractivity contribution < 1.29 is 21.1 Å². The molecule has 13 heteroatoms. The van der Waals surface area contributed by atoms with Crippen LogP contribution in [0, 0.1) is 0 Å². The number of aryl methyl sites for hydroxylation is 1. The van der Waals surface area contributed by atoms with Crippen LogP contribution in [0.3, 0.4) is 0 Å². The Kier molecular flexibility index (Phi) is 4.37. The molecule has 0 radical (unpaired) electrons. The number of imidazole rings is 1. The van der Waals surface area contributed by atoms with Gasteiger partial charge in [-0.05, 0) is 19.1 Å². The predicted molar refractivity (Wildman–Crippen MR) is 84.9 cm³/mol. The van der Waals surface area contributed by atoms with E-state index in [1.54, 1.807) is 6.92 Å². The van der Waals surface area contributed by atoms with Gasteiger partial charge < -0.3 is 0 Å². The number of hydrogen-bond donors (Lipinski definition) is 0. The number of alkyl halides is 2. The van der Waals surface area contributed by atoms with Crippen LogP contribution < -0.4 is 5.69 Å². The number of hydrogen-bond acceptors (Lipinski definition) is 6. The van der Waals surface area contributed by atoms with Crippen LogP contribution in [0.25, 0.3) is 16.2 Å². The summed E-state index contributed by atoms with van der Waals surface area (Å²) in [5, 5.41) is 5.84. The Hall–Kier alpha value is -1.92. The molecule has 3 rings (SSSR count). The molecule has 0 bridgehead atoms. The van der Waals surface area contributed by atoms with Gasteiger partial charge in [0.05, 0.1) is 16.1 Å². The molecule has 0 unspecified atom stereocenters. The second kappa shape index (κ2) is 6.11. The summed E-state index contributed by atoms with van der Waals surface area (Å²) in [4.78, 5) is 11.8. The molecule has 3 aromatic rings. The van der Waals surface area contributed by atoms with Gasteiger partial charge in [0.15, 0.2) is 5.01 Å². The molecule has 25 heavy (non-hydrogen) atoms. The first-order valence-electron chi connectivity index (χ1n) is 6.66. The summed E-state index contributed by atoms with van der Waals surface area (Å²) >= 11 is 6.48. The van der Waals surface area contributed by atoms with Gasteiger partial charge in [0.1, 0.15) is 4.90 Å². The Morgan fingerprint density at radius 2 is 2.00 bits per heavy atom. The van der Waals surface area contributed by atoms with Gasteiger partial charge >= 0.3 is 15.9 Å². The number of nitrogens with zero attached hydrogens (tertiary/aromatic N) is 4. The van der Waals surface area contributed by atoms with Gasteiger partial charge in [0, 0.05) is 6.54 Å². The van der Waals surface area contributed by atoms with Crippen molar-refractivity contribution in [3.8, 4) is 5.13 Å². The van der Waals surface area contributed by atoms with Gasteiger partial charge in [-0.3, -0.25) is 4.57 Å². The molecule has 0 saturated heterocycles. The lowest BCUT2D eigenvalue weighted by Crippen LogP contribution is -2.22. The zero-order chi connectivity index (χ0) is 18.5. The highest BCUT2D eigenvalue weighted by molar-refractivity contribution is 7.86. The van der Waals surface area contributed by atoms with Crippen molar-refractivity contribution in [1.82, 2.24) is 19.3 Å². The fourth-order valence-corrected chi connectivity index (χ4v) is 3.94. The molecule has 0 fully saturated rings. The minimum atomic E-state index is -5.10. The van der Waals surface area contributed by atoms with Crippen LogP contribution in [-0.2, 0) is 16.8 Å². The Morgan fingerprint density at radius 1 is 1.32 bits per heavy atom. The average molecular weight is 413 g/mol. The second-order valence-corrected chi connectivity index (χ2v) is 7.54. The highest BCUT2D eigenvalue weighted by Crippen LogP contribution is 2.31. The molecular weight excluding hydrogens is 405 g/mol. The summed E-state index contributed by atoms with van der Waals surface area (Å²) in [6, 6.07) is 1.77. The third-order valence-corrected chi connectivity index (χ3v) is 5.36. The zero-order valence-electron chi connectivity index (χ0n) is 12.3. The third-order valence-electron chi connectivity index (χ3n) is 3.36. The number of aromatic nitrogens is 4. The molecule has 0 amide bonds. The fourth-order valence-electron chi connectivity index (χ4n) is 2.34. The molecular formula is C12H8ClF3N4O3S2. The van der Waals surface area contributed by atoms with Crippen LogP contribution >= 0.6 is 22.9 Å². The van der Waals surface area contributed by atoms with Gasteiger partial charge in [-0.1, -0.05) is 22.9 Å². The monoisotopic (exact) mass is 412 g/mol. The molecule has 7 nitrogen and oxygen atoms in total. The standard InChI is InChI=1S/C12H8ClF3N4O3S2/c1-2-19-8-6(13)3-5(25(16,22)23)4-7(8)20(12(19)21)11-18-17-10(24-11)9(14)15/h3-4,9H,2H2,1H3. The molecule has 0 aliphatic carbocycles. The van der Waals surface area contributed by atoms with E-state index in [1.165, 1.54) is 4.57 Å². The summed E-state index contributed by atoms with van der Waals surface area (Å²) in [6.07, 6.45) is -2.88. The van der Waals surface area contributed by atoms with Crippen LogP contribution in [0.2, 0.25) is 5.02 Å². The predicted octanol–water partition coefficient (Wildman–Crippen LogP) is 2.91. The average Bonchev–Trinajstić information content (AvgIpc) is 3.08. The molecule has 2 heterocycles. The van der Waals surface area contributed by atoms with Gasteiger partial charge in [-0.2, -0.15) is 8.42 Å². The highest BCUT2D eigenvalue weighted by atomic mass is 35.5. The molecule has 2 aromatic heterocycles. The highest BCUT2D eigenvalue weighted by Gasteiger charge is 2.24. The van der Waals surface area contributed by atoms with Gasteiger partial charge in [0.25, 0.3) is 6.43 Å². The maximum Gasteiger partial charge on any atom is 0.335 e. The lowest BCUT2D eigenvalue weighted by molar-refractivity contribution is 0.150. The Bertz CT molecular complexity index is 1140. The zero-order valence-corrected chi connectivity index (χ0v) is 14.7. The first kappa shape index (κ1) is 17.9. The fraction of sp³-hybridized carbons (Fsp3) is 0.250. The maximum atomic E-state index is 13.4. The molecule has 0 aliphatic heterocycles. The van der Waals surface area contributed by atoms with Crippen molar-refractivity contribution in [2.24, 2.45) is 0 Å². The third kappa shape index (κ3) is 2.93. The van der Waals surface area contributed by atoms with Crippen molar-refractivity contribution in [3.63, 3.8) is 0 Å². The van der Waals surface area contributed by atoms with Crippen molar-refractivity contribution in [1.29, 1.82) is 0 Å². The Morgan fingerprint density at radius 3 is 2.52 bits per heavy atom. The number of rotatable bonds is 4. The SMILES string of the molecule is CCn1c(=O)n(-c2nnc(C(F)F)s2)c2cc(S(=O)(=O)F)cc(Cl)c21. The van der Waals surface area contributed by atoms with Crippen LogP contribution in [0.1, 0.15) is 18.4 Å². The number of halogens is 4. The van der Waals surface area contributed by atoms with E-state index in [9.17, 15) is 25.9 Å². The van der Waals surface area contributed by atoms with Gasteiger partial charge in [0.2, 0.25) is 5.13 Å².